The summed E-state index contributed by atoms with van der Waals surface area (Å²) in [5.41, 5.74) is 6.30. The minimum absolute atomic E-state index is 0.0201. The molecule has 0 amide bonds. The lowest BCUT2D eigenvalue weighted by Crippen LogP contribution is -2.48. The molecule has 1 fully saturated rings. The molecular formula is C14H25N3O3S. The van der Waals surface area contributed by atoms with Gasteiger partial charge in [-0.05, 0) is 32.2 Å². The van der Waals surface area contributed by atoms with E-state index in [0.717, 1.165) is 25.7 Å². The van der Waals surface area contributed by atoms with Gasteiger partial charge >= 0.3 is 0 Å². The van der Waals surface area contributed by atoms with Crippen LogP contribution in [0.2, 0.25) is 0 Å². The van der Waals surface area contributed by atoms with Crippen molar-refractivity contribution < 1.29 is 12.9 Å². The predicted octanol–water partition coefficient (Wildman–Crippen LogP) is 1.65. The minimum Gasteiger partial charge on any atom is -0.361 e. The summed E-state index contributed by atoms with van der Waals surface area (Å²) in [7, 11) is -3.40. The Kier molecular flexibility index (Phi) is 5.40. The maximum absolute atomic E-state index is 12.7. The van der Waals surface area contributed by atoms with Crippen LogP contribution in [0.1, 0.15) is 44.1 Å². The number of aromatic nitrogens is 1. The molecule has 2 N–H and O–H groups in total. The molecular weight excluding hydrogens is 290 g/mol. The summed E-state index contributed by atoms with van der Waals surface area (Å²) in [6.45, 7) is 4.65. The van der Waals surface area contributed by atoms with Crippen molar-refractivity contribution in [3.8, 4) is 0 Å². The summed E-state index contributed by atoms with van der Waals surface area (Å²) in [6, 6.07) is 1.69. The van der Waals surface area contributed by atoms with Crippen molar-refractivity contribution in [2.24, 2.45) is 11.7 Å². The quantitative estimate of drug-likeness (QED) is 0.862. The Bertz CT molecular complexity index is 556. The van der Waals surface area contributed by atoms with Gasteiger partial charge in [-0.2, -0.15) is 4.31 Å². The lowest BCUT2D eigenvalue weighted by Gasteiger charge is -2.38. The zero-order valence-electron chi connectivity index (χ0n) is 12.8. The highest BCUT2D eigenvalue weighted by Gasteiger charge is 2.35. The summed E-state index contributed by atoms with van der Waals surface area (Å²) in [5, 5.41) is 3.80. The van der Waals surface area contributed by atoms with Crippen molar-refractivity contribution in [1.29, 1.82) is 0 Å². The van der Waals surface area contributed by atoms with E-state index in [-0.39, 0.29) is 17.7 Å². The molecule has 1 saturated carbocycles. The van der Waals surface area contributed by atoms with Crippen LogP contribution in [0.15, 0.2) is 10.6 Å². The lowest BCUT2D eigenvalue weighted by molar-refractivity contribution is 0.187. The van der Waals surface area contributed by atoms with Gasteiger partial charge in [-0.3, -0.25) is 0 Å². The van der Waals surface area contributed by atoms with Gasteiger partial charge in [-0.1, -0.05) is 24.9 Å². The Morgan fingerprint density at radius 1 is 1.43 bits per heavy atom. The second kappa shape index (κ2) is 6.89. The fourth-order valence-electron chi connectivity index (χ4n) is 3.24. The predicted molar refractivity (Wildman–Crippen MR) is 81.0 cm³/mol. The maximum atomic E-state index is 12.7. The first kappa shape index (κ1) is 16.5. The van der Waals surface area contributed by atoms with E-state index in [2.05, 4.69) is 5.16 Å². The molecule has 1 heterocycles. The fourth-order valence-corrected chi connectivity index (χ4v) is 4.99. The molecule has 0 spiro atoms. The topological polar surface area (TPSA) is 89.4 Å². The monoisotopic (exact) mass is 315 g/mol. The van der Waals surface area contributed by atoms with E-state index in [9.17, 15) is 8.42 Å². The Hall–Kier alpha value is -0.920. The van der Waals surface area contributed by atoms with Gasteiger partial charge in [0.15, 0.2) is 0 Å². The van der Waals surface area contributed by atoms with Crippen molar-refractivity contribution in [2.45, 2.75) is 51.3 Å². The summed E-state index contributed by atoms with van der Waals surface area (Å²) < 4.78 is 32.0. The van der Waals surface area contributed by atoms with Gasteiger partial charge in [0.1, 0.15) is 17.2 Å². The van der Waals surface area contributed by atoms with Crippen molar-refractivity contribution >= 4 is 10.0 Å². The molecule has 1 aliphatic carbocycles. The molecule has 1 aromatic rings. The van der Waals surface area contributed by atoms with E-state index in [1.807, 2.05) is 6.92 Å². The normalized spacial score (nSPS) is 23.6. The summed E-state index contributed by atoms with van der Waals surface area (Å²) in [4.78, 5) is 0. The van der Waals surface area contributed by atoms with Crippen LogP contribution in [-0.4, -0.2) is 37.0 Å². The van der Waals surface area contributed by atoms with Gasteiger partial charge in [-0.25, -0.2) is 8.42 Å². The minimum atomic E-state index is -3.40. The second-order valence-electron chi connectivity index (χ2n) is 5.74. The number of aryl methyl sites for hydroxylation is 1. The maximum Gasteiger partial charge on any atom is 0.220 e. The molecule has 6 nitrogen and oxygen atoms in total. The smallest absolute Gasteiger partial charge is 0.220 e. The number of hydrogen-bond donors (Lipinski definition) is 1. The number of sulfonamides is 1. The average molecular weight is 315 g/mol. The van der Waals surface area contributed by atoms with E-state index in [1.165, 1.54) is 0 Å². The molecule has 0 aliphatic heterocycles. The second-order valence-corrected chi connectivity index (χ2v) is 7.66. The highest BCUT2D eigenvalue weighted by molar-refractivity contribution is 7.88. The highest BCUT2D eigenvalue weighted by Crippen LogP contribution is 2.30. The molecule has 0 bridgehead atoms. The number of hydrogen-bond acceptors (Lipinski definition) is 5. The van der Waals surface area contributed by atoms with E-state index in [4.69, 9.17) is 10.3 Å². The SMILES string of the molecule is CCN(C1CCCCC1CN)S(=O)(=O)Cc1cc(C)on1. The van der Waals surface area contributed by atoms with Gasteiger partial charge in [0.05, 0.1) is 0 Å². The molecule has 2 rings (SSSR count). The van der Waals surface area contributed by atoms with E-state index in [0.29, 0.717) is 24.5 Å². The largest absolute Gasteiger partial charge is 0.361 e. The molecule has 7 heteroatoms. The van der Waals surface area contributed by atoms with Crippen LogP contribution in [0, 0.1) is 12.8 Å². The van der Waals surface area contributed by atoms with Crippen LogP contribution in [0.4, 0.5) is 0 Å². The third-order valence-corrected chi connectivity index (χ3v) is 6.12. The number of rotatable bonds is 6. The molecule has 21 heavy (non-hydrogen) atoms. The highest BCUT2D eigenvalue weighted by atomic mass is 32.2. The zero-order chi connectivity index (χ0) is 15.5. The van der Waals surface area contributed by atoms with Gasteiger partial charge < -0.3 is 10.3 Å². The van der Waals surface area contributed by atoms with E-state index < -0.39 is 10.0 Å². The Labute approximate surface area is 126 Å². The van der Waals surface area contributed by atoms with Crippen LogP contribution in [-0.2, 0) is 15.8 Å². The molecule has 1 aromatic heterocycles. The van der Waals surface area contributed by atoms with Crippen LogP contribution in [0.25, 0.3) is 0 Å². The van der Waals surface area contributed by atoms with Crippen molar-refractivity contribution in [2.75, 3.05) is 13.1 Å². The molecule has 2 unspecified atom stereocenters. The molecule has 0 saturated heterocycles. The van der Waals surface area contributed by atoms with Gasteiger partial charge in [-0.15, -0.1) is 0 Å². The molecule has 1 aliphatic rings. The molecule has 0 aromatic carbocycles. The molecule has 120 valence electrons. The van der Waals surface area contributed by atoms with Crippen molar-refractivity contribution in [1.82, 2.24) is 9.46 Å². The summed E-state index contributed by atoms with van der Waals surface area (Å²) in [6.07, 6.45) is 4.11. The Morgan fingerprint density at radius 2 is 2.14 bits per heavy atom. The van der Waals surface area contributed by atoms with Gasteiger partial charge in [0, 0.05) is 18.7 Å². The number of nitrogens with zero attached hydrogens (tertiary/aromatic N) is 2. The Balaban J connectivity index is 2.18. The standard InChI is InChI=1S/C14H25N3O3S/c1-3-17(14-7-5-4-6-12(14)9-15)21(18,19)10-13-8-11(2)20-16-13/h8,12,14H,3-7,9-10,15H2,1-2H3. The summed E-state index contributed by atoms with van der Waals surface area (Å²) in [5.74, 6) is 0.777. The van der Waals surface area contributed by atoms with Crippen LogP contribution in [0.5, 0.6) is 0 Å². The zero-order valence-corrected chi connectivity index (χ0v) is 13.6. The molecule has 2 atom stereocenters. The van der Waals surface area contributed by atoms with Crippen molar-refractivity contribution in [3.63, 3.8) is 0 Å². The van der Waals surface area contributed by atoms with Crippen molar-refractivity contribution in [3.05, 3.63) is 17.5 Å². The molecule has 0 radical (unpaired) electrons. The Morgan fingerprint density at radius 3 is 2.71 bits per heavy atom. The van der Waals surface area contributed by atoms with E-state index >= 15 is 0 Å². The summed E-state index contributed by atoms with van der Waals surface area (Å²) >= 11 is 0. The van der Waals surface area contributed by atoms with Gasteiger partial charge in [0.25, 0.3) is 0 Å². The van der Waals surface area contributed by atoms with E-state index in [1.54, 1.807) is 17.3 Å². The third kappa shape index (κ3) is 3.84. The first-order valence-electron chi connectivity index (χ1n) is 7.59. The average Bonchev–Trinajstić information content (AvgIpc) is 2.84. The first-order chi connectivity index (χ1) is 9.97. The lowest BCUT2D eigenvalue weighted by atomic mass is 9.84. The first-order valence-corrected chi connectivity index (χ1v) is 9.20. The fraction of sp³-hybridized carbons (Fsp3) is 0.786. The number of nitrogens with two attached hydrogens (primary N) is 1. The third-order valence-electron chi connectivity index (χ3n) is 4.22. The van der Waals surface area contributed by atoms with Crippen LogP contribution in [0.3, 0.4) is 0 Å². The van der Waals surface area contributed by atoms with Crippen LogP contribution < -0.4 is 5.73 Å². The van der Waals surface area contributed by atoms with Gasteiger partial charge in [0.2, 0.25) is 10.0 Å². The van der Waals surface area contributed by atoms with Crippen LogP contribution >= 0.6 is 0 Å².